The van der Waals surface area contributed by atoms with Gasteiger partial charge < -0.3 is 10.2 Å². The first-order chi connectivity index (χ1) is 9.24. The van der Waals surface area contributed by atoms with Crippen molar-refractivity contribution in [2.45, 2.75) is 37.8 Å². The van der Waals surface area contributed by atoms with Gasteiger partial charge in [-0.3, -0.25) is 0 Å². The Morgan fingerprint density at radius 1 is 1.21 bits per heavy atom. The van der Waals surface area contributed by atoms with Crippen molar-refractivity contribution < 1.29 is 0 Å². The molecule has 0 amide bonds. The Bertz CT molecular complexity index is 541. The summed E-state index contributed by atoms with van der Waals surface area (Å²) in [4.78, 5) is 7.89. The SMILES string of the molecule is CN(C)C1CCC(Nc2ccnc3sccc23)CC1. The lowest BCUT2D eigenvalue weighted by Crippen LogP contribution is -2.36. The fraction of sp³-hybridized carbons (Fsp3) is 0.533. The third-order valence-corrected chi connectivity index (χ3v) is 4.98. The molecule has 0 atom stereocenters. The number of aromatic nitrogens is 1. The number of fused-ring (bicyclic) bond motifs is 1. The van der Waals surface area contributed by atoms with Crippen molar-refractivity contribution in [3.8, 4) is 0 Å². The van der Waals surface area contributed by atoms with Crippen molar-refractivity contribution in [3.63, 3.8) is 0 Å². The first kappa shape index (κ1) is 12.9. The molecule has 0 spiro atoms. The standard InChI is InChI=1S/C15H21N3S/c1-18(2)12-5-3-11(4-6-12)17-14-7-9-16-15-13(14)8-10-19-15/h7-12H,3-6H2,1-2H3,(H,16,17). The Labute approximate surface area is 118 Å². The summed E-state index contributed by atoms with van der Waals surface area (Å²) < 4.78 is 0. The van der Waals surface area contributed by atoms with Crippen molar-refractivity contribution in [1.82, 2.24) is 9.88 Å². The average molecular weight is 275 g/mol. The zero-order valence-corrected chi connectivity index (χ0v) is 12.4. The second kappa shape index (κ2) is 5.47. The maximum Gasteiger partial charge on any atom is 0.125 e. The maximum atomic E-state index is 4.40. The Morgan fingerprint density at radius 3 is 2.74 bits per heavy atom. The minimum Gasteiger partial charge on any atom is -0.382 e. The van der Waals surface area contributed by atoms with Gasteiger partial charge in [0.2, 0.25) is 0 Å². The summed E-state index contributed by atoms with van der Waals surface area (Å²) in [5.41, 5.74) is 1.25. The molecule has 0 bridgehead atoms. The number of hydrogen-bond donors (Lipinski definition) is 1. The zero-order chi connectivity index (χ0) is 13.2. The summed E-state index contributed by atoms with van der Waals surface area (Å²) >= 11 is 1.71. The predicted molar refractivity (Wildman–Crippen MR) is 83.0 cm³/mol. The van der Waals surface area contributed by atoms with E-state index in [4.69, 9.17) is 0 Å². The van der Waals surface area contributed by atoms with Crippen LogP contribution in [0.4, 0.5) is 5.69 Å². The van der Waals surface area contributed by atoms with Gasteiger partial charge in [0.25, 0.3) is 0 Å². The molecule has 1 saturated carbocycles. The van der Waals surface area contributed by atoms with Crippen molar-refractivity contribution in [3.05, 3.63) is 23.7 Å². The molecule has 3 nitrogen and oxygen atoms in total. The van der Waals surface area contributed by atoms with Crippen molar-refractivity contribution in [2.75, 3.05) is 19.4 Å². The lowest BCUT2D eigenvalue weighted by Gasteiger charge is -2.33. The zero-order valence-electron chi connectivity index (χ0n) is 11.6. The molecule has 0 unspecified atom stereocenters. The summed E-state index contributed by atoms with van der Waals surface area (Å²) in [7, 11) is 4.38. The lowest BCUT2D eigenvalue weighted by molar-refractivity contribution is 0.221. The quantitative estimate of drug-likeness (QED) is 0.928. The smallest absolute Gasteiger partial charge is 0.125 e. The average Bonchev–Trinajstić information content (AvgIpc) is 2.89. The van der Waals surface area contributed by atoms with Crippen LogP contribution in [0.3, 0.4) is 0 Å². The molecule has 2 aromatic rings. The van der Waals surface area contributed by atoms with Gasteiger partial charge in [0.05, 0.1) is 0 Å². The maximum absolute atomic E-state index is 4.40. The molecule has 1 aliphatic rings. The molecule has 4 heteroatoms. The molecule has 0 radical (unpaired) electrons. The van der Waals surface area contributed by atoms with Crippen LogP contribution in [0.1, 0.15) is 25.7 Å². The van der Waals surface area contributed by atoms with E-state index < -0.39 is 0 Å². The van der Waals surface area contributed by atoms with Crippen molar-refractivity contribution >= 4 is 27.2 Å². The Kier molecular flexibility index (Phi) is 3.71. The first-order valence-electron chi connectivity index (χ1n) is 6.99. The van der Waals surface area contributed by atoms with Crippen LogP contribution in [-0.4, -0.2) is 36.1 Å². The van der Waals surface area contributed by atoms with Crippen LogP contribution in [0.2, 0.25) is 0 Å². The molecular formula is C15H21N3S. The van der Waals surface area contributed by atoms with Crippen LogP contribution in [0, 0.1) is 0 Å². The minimum atomic E-state index is 0.613. The van der Waals surface area contributed by atoms with Crippen LogP contribution >= 0.6 is 11.3 Å². The number of pyridine rings is 1. The summed E-state index contributed by atoms with van der Waals surface area (Å²) in [6.45, 7) is 0. The van der Waals surface area contributed by atoms with E-state index in [1.165, 1.54) is 36.8 Å². The van der Waals surface area contributed by atoms with Gasteiger partial charge in [-0.15, -0.1) is 11.3 Å². The second-order valence-corrected chi connectivity index (χ2v) is 6.51. The molecule has 1 fully saturated rings. The van der Waals surface area contributed by atoms with E-state index in [0.717, 1.165) is 10.9 Å². The molecular weight excluding hydrogens is 254 g/mol. The molecule has 102 valence electrons. The molecule has 0 saturated heterocycles. The number of nitrogens with one attached hydrogen (secondary N) is 1. The van der Waals surface area contributed by atoms with Gasteiger partial charge in [-0.1, -0.05) is 0 Å². The molecule has 2 heterocycles. The Morgan fingerprint density at radius 2 is 2.00 bits per heavy atom. The van der Waals surface area contributed by atoms with E-state index in [-0.39, 0.29) is 0 Å². The first-order valence-corrected chi connectivity index (χ1v) is 7.87. The predicted octanol–water partition coefficient (Wildman–Crippen LogP) is 3.58. The van der Waals surface area contributed by atoms with Crippen LogP contribution in [0.15, 0.2) is 23.7 Å². The van der Waals surface area contributed by atoms with Gasteiger partial charge in [0, 0.05) is 29.4 Å². The number of hydrogen-bond acceptors (Lipinski definition) is 4. The summed E-state index contributed by atoms with van der Waals surface area (Å²) in [6, 6.07) is 5.65. The van der Waals surface area contributed by atoms with Crippen LogP contribution in [0.25, 0.3) is 10.2 Å². The number of anilines is 1. The highest BCUT2D eigenvalue weighted by Gasteiger charge is 2.22. The largest absolute Gasteiger partial charge is 0.382 e. The molecule has 0 aromatic carbocycles. The van der Waals surface area contributed by atoms with Crippen LogP contribution in [0.5, 0.6) is 0 Å². The Hall–Kier alpha value is -1.13. The van der Waals surface area contributed by atoms with E-state index in [9.17, 15) is 0 Å². The number of nitrogens with zero attached hydrogens (tertiary/aromatic N) is 2. The van der Waals surface area contributed by atoms with Gasteiger partial charge in [-0.05, 0) is 57.3 Å². The third-order valence-electron chi connectivity index (χ3n) is 4.15. The second-order valence-electron chi connectivity index (χ2n) is 5.61. The summed E-state index contributed by atoms with van der Waals surface area (Å²) in [5.74, 6) is 0. The van der Waals surface area contributed by atoms with E-state index in [1.807, 2.05) is 6.20 Å². The minimum absolute atomic E-state index is 0.613. The molecule has 1 aliphatic carbocycles. The van der Waals surface area contributed by atoms with Gasteiger partial charge >= 0.3 is 0 Å². The van der Waals surface area contributed by atoms with Crippen LogP contribution in [-0.2, 0) is 0 Å². The monoisotopic (exact) mass is 275 g/mol. The molecule has 0 aliphatic heterocycles. The van der Waals surface area contributed by atoms with Crippen molar-refractivity contribution in [1.29, 1.82) is 0 Å². The fourth-order valence-corrected chi connectivity index (χ4v) is 3.72. The molecule has 1 N–H and O–H groups in total. The topological polar surface area (TPSA) is 28.2 Å². The molecule has 19 heavy (non-hydrogen) atoms. The molecule has 2 aromatic heterocycles. The number of rotatable bonds is 3. The highest BCUT2D eigenvalue weighted by Crippen LogP contribution is 2.29. The van der Waals surface area contributed by atoms with Gasteiger partial charge in [-0.25, -0.2) is 4.98 Å². The fourth-order valence-electron chi connectivity index (χ4n) is 2.96. The van der Waals surface area contributed by atoms with Gasteiger partial charge in [-0.2, -0.15) is 0 Å². The Balaban J connectivity index is 1.68. The third kappa shape index (κ3) is 2.74. The summed E-state index contributed by atoms with van der Waals surface area (Å²) in [5, 5.41) is 7.10. The summed E-state index contributed by atoms with van der Waals surface area (Å²) in [6.07, 6.45) is 7.02. The van der Waals surface area contributed by atoms with E-state index in [1.54, 1.807) is 11.3 Å². The van der Waals surface area contributed by atoms with Crippen LogP contribution < -0.4 is 5.32 Å². The van der Waals surface area contributed by atoms with E-state index in [0.29, 0.717) is 6.04 Å². The normalized spacial score (nSPS) is 23.9. The van der Waals surface area contributed by atoms with Gasteiger partial charge in [0.15, 0.2) is 0 Å². The number of thiophene rings is 1. The van der Waals surface area contributed by atoms with E-state index in [2.05, 4.69) is 46.8 Å². The van der Waals surface area contributed by atoms with E-state index >= 15 is 0 Å². The lowest BCUT2D eigenvalue weighted by atomic mass is 9.90. The highest BCUT2D eigenvalue weighted by atomic mass is 32.1. The molecule has 3 rings (SSSR count). The van der Waals surface area contributed by atoms with Gasteiger partial charge in [0.1, 0.15) is 4.83 Å². The highest BCUT2D eigenvalue weighted by molar-refractivity contribution is 7.16. The van der Waals surface area contributed by atoms with Crippen molar-refractivity contribution in [2.24, 2.45) is 0 Å².